The monoisotopic (exact) mass is 676 g/mol. The molecule has 3 heterocycles. The van der Waals surface area contributed by atoms with Crippen molar-refractivity contribution in [2.45, 2.75) is 73.4 Å². The molecule has 0 amide bonds. The SMILES string of the molecule is CS[C@H]1O[C@@H](c2ccc(Cl)c(Cc3ccc(O[C@@H]4CCN(C5CO[C@H](c6cc(F)ccc6F)[C@@H](N)C5)C4)cc3)c2)[C@H](O)[C@@H](O)[C@@H]1O. The molecule has 0 saturated carbocycles. The highest BCUT2D eigenvalue weighted by molar-refractivity contribution is 7.99. The van der Waals surface area contributed by atoms with Crippen LogP contribution in [0.2, 0.25) is 5.02 Å². The van der Waals surface area contributed by atoms with Crippen LogP contribution in [0, 0.1) is 11.6 Å². The molecule has 3 aliphatic rings. The highest BCUT2D eigenvalue weighted by atomic mass is 35.5. The summed E-state index contributed by atoms with van der Waals surface area (Å²) in [4.78, 5) is 2.29. The predicted octanol–water partition coefficient (Wildman–Crippen LogP) is 4.36. The van der Waals surface area contributed by atoms with Gasteiger partial charge in [-0.2, -0.15) is 0 Å². The van der Waals surface area contributed by atoms with Crippen LogP contribution in [-0.2, 0) is 15.9 Å². The molecular weight excluding hydrogens is 638 g/mol. The first-order chi connectivity index (χ1) is 22.1. The second-order valence-electron chi connectivity index (χ2n) is 12.3. The van der Waals surface area contributed by atoms with E-state index in [-0.39, 0.29) is 17.7 Å². The fraction of sp³-hybridized carbons (Fsp3) is 0.471. The van der Waals surface area contributed by atoms with Gasteiger partial charge < -0.3 is 35.3 Å². The smallest absolute Gasteiger partial charge is 0.132 e. The molecule has 8 nitrogen and oxygen atoms in total. The molecule has 5 N–H and O–H groups in total. The summed E-state index contributed by atoms with van der Waals surface area (Å²) in [6.07, 6.45) is -1.52. The third-order valence-corrected chi connectivity index (χ3v) is 10.4. The lowest BCUT2D eigenvalue weighted by molar-refractivity contribution is -0.200. The quantitative estimate of drug-likeness (QED) is 0.276. The molecule has 0 bridgehead atoms. The molecule has 248 valence electrons. The number of thioether (sulfide) groups is 1. The second-order valence-corrected chi connectivity index (χ2v) is 13.6. The molecule has 9 atom stereocenters. The van der Waals surface area contributed by atoms with Crippen LogP contribution in [0.5, 0.6) is 5.75 Å². The van der Waals surface area contributed by atoms with Crippen LogP contribution < -0.4 is 10.5 Å². The van der Waals surface area contributed by atoms with Crippen LogP contribution in [0.15, 0.2) is 60.7 Å². The molecule has 3 aliphatic heterocycles. The molecule has 0 aromatic heterocycles. The molecule has 3 saturated heterocycles. The predicted molar refractivity (Wildman–Crippen MR) is 172 cm³/mol. The van der Waals surface area contributed by atoms with Gasteiger partial charge in [0.15, 0.2) is 0 Å². The number of rotatable bonds is 8. The van der Waals surface area contributed by atoms with Gasteiger partial charge in [-0.1, -0.05) is 35.9 Å². The summed E-state index contributed by atoms with van der Waals surface area (Å²) in [5.41, 5.74) is 8.40. The lowest BCUT2D eigenvalue weighted by Crippen LogP contribution is -2.52. The maximum atomic E-state index is 14.3. The first kappa shape index (κ1) is 33.6. The van der Waals surface area contributed by atoms with Gasteiger partial charge in [-0.3, -0.25) is 4.90 Å². The summed E-state index contributed by atoms with van der Waals surface area (Å²) in [6, 6.07) is 16.2. The Bertz CT molecular complexity index is 1500. The Balaban J connectivity index is 1.03. The van der Waals surface area contributed by atoms with E-state index in [1.54, 1.807) is 18.4 Å². The van der Waals surface area contributed by atoms with Gasteiger partial charge in [0.1, 0.15) is 59.4 Å². The maximum Gasteiger partial charge on any atom is 0.132 e. The minimum absolute atomic E-state index is 0.00696. The highest BCUT2D eigenvalue weighted by Gasteiger charge is 2.44. The third-order valence-electron chi connectivity index (χ3n) is 9.18. The molecule has 3 fully saturated rings. The Hall–Kier alpha value is -2.32. The fourth-order valence-corrected chi connectivity index (χ4v) is 7.51. The molecule has 0 aliphatic carbocycles. The van der Waals surface area contributed by atoms with Crippen molar-refractivity contribution in [3.8, 4) is 5.75 Å². The van der Waals surface area contributed by atoms with Crippen LogP contribution in [0.3, 0.4) is 0 Å². The Morgan fingerprint density at radius 2 is 1.78 bits per heavy atom. The first-order valence-corrected chi connectivity index (χ1v) is 17.1. The van der Waals surface area contributed by atoms with Crippen molar-refractivity contribution in [1.29, 1.82) is 0 Å². The van der Waals surface area contributed by atoms with Gasteiger partial charge in [0.25, 0.3) is 0 Å². The van der Waals surface area contributed by atoms with Crippen molar-refractivity contribution < 1.29 is 38.3 Å². The van der Waals surface area contributed by atoms with E-state index in [1.807, 2.05) is 30.3 Å². The van der Waals surface area contributed by atoms with Gasteiger partial charge in [-0.05, 0) is 78.6 Å². The van der Waals surface area contributed by atoms with E-state index in [4.69, 9.17) is 31.5 Å². The van der Waals surface area contributed by atoms with Crippen LogP contribution in [0.1, 0.15) is 47.3 Å². The summed E-state index contributed by atoms with van der Waals surface area (Å²) in [7, 11) is 0. The number of hydrogen-bond donors (Lipinski definition) is 4. The third kappa shape index (κ3) is 7.23. The topological polar surface area (TPSA) is 118 Å². The maximum absolute atomic E-state index is 14.3. The van der Waals surface area contributed by atoms with E-state index in [2.05, 4.69) is 4.90 Å². The van der Waals surface area contributed by atoms with Crippen LogP contribution >= 0.6 is 23.4 Å². The van der Waals surface area contributed by atoms with E-state index in [0.717, 1.165) is 48.0 Å². The van der Waals surface area contributed by atoms with Crippen LogP contribution in [0.4, 0.5) is 8.78 Å². The van der Waals surface area contributed by atoms with Gasteiger partial charge in [0.05, 0.1) is 6.61 Å². The van der Waals surface area contributed by atoms with Crippen LogP contribution in [-0.4, -0.2) is 88.1 Å². The Morgan fingerprint density at radius 1 is 1.00 bits per heavy atom. The van der Waals surface area contributed by atoms with Crippen molar-refractivity contribution in [3.05, 3.63) is 99.6 Å². The molecular formula is C34H39ClF2N2O6S. The minimum Gasteiger partial charge on any atom is -0.489 e. The van der Waals surface area contributed by atoms with E-state index < -0.39 is 53.6 Å². The fourth-order valence-electron chi connectivity index (χ4n) is 6.66. The summed E-state index contributed by atoms with van der Waals surface area (Å²) in [5.74, 6) is -0.278. The summed E-state index contributed by atoms with van der Waals surface area (Å²) in [5, 5.41) is 31.7. The summed E-state index contributed by atoms with van der Waals surface area (Å²) in [6.45, 7) is 1.92. The van der Waals surface area contributed by atoms with Crippen molar-refractivity contribution in [2.24, 2.45) is 5.73 Å². The molecule has 6 rings (SSSR count). The van der Waals surface area contributed by atoms with Gasteiger partial charge in [-0.15, -0.1) is 11.8 Å². The number of ether oxygens (including phenoxy) is 3. The minimum atomic E-state index is -1.33. The average molecular weight is 677 g/mol. The number of hydrogen-bond acceptors (Lipinski definition) is 9. The molecule has 12 heteroatoms. The van der Waals surface area contributed by atoms with E-state index in [0.29, 0.717) is 36.6 Å². The molecule has 3 aromatic carbocycles. The molecule has 1 unspecified atom stereocenters. The summed E-state index contributed by atoms with van der Waals surface area (Å²) < 4.78 is 46.2. The van der Waals surface area contributed by atoms with Gasteiger partial charge in [0, 0.05) is 35.8 Å². The molecule has 46 heavy (non-hydrogen) atoms. The Kier molecular flexibility index (Phi) is 10.5. The van der Waals surface area contributed by atoms with Crippen molar-refractivity contribution in [2.75, 3.05) is 26.0 Å². The number of halogens is 3. The van der Waals surface area contributed by atoms with Crippen molar-refractivity contribution in [1.82, 2.24) is 4.90 Å². The normalized spacial score (nSPS) is 32.0. The standard InChI is InChI=1S/C34H39ClF2N2O6S/c1-46-34-31(42)29(40)30(41)32(45-34)19-4-8-26(35)20(13-19)12-18-2-6-23(7-3-18)44-24-10-11-39(16-24)22-15-28(38)33(43-17-22)25-14-21(36)5-9-27(25)37/h2-9,13-14,22,24,28-34,40-42H,10-12,15-17,38H2,1H3/t22?,24-,28+,29-,30-,31+,32+,33-,34-/m1/s1. The molecule has 0 spiro atoms. The van der Waals surface area contributed by atoms with E-state index in [1.165, 1.54) is 11.8 Å². The number of nitrogens with two attached hydrogens (primary N) is 1. The number of nitrogens with zero attached hydrogens (tertiary/aromatic N) is 1. The zero-order chi connectivity index (χ0) is 32.5. The lowest BCUT2D eigenvalue weighted by atomic mass is 9.92. The number of aliphatic hydroxyl groups excluding tert-OH is 3. The molecule has 0 radical (unpaired) electrons. The van der Waals surface area contributed by atoms with E-state index in [9.17, 15) is 24.1 Å². The summed E-state index contributed by atoms with van der Waals surface area (Å²) >= 11 is 7.81. The van der Waals surface area contributed by atoms with Gasteiger partial charge in [-0.25, -0.2) is 8.78 Å². The molecule has 3 aromatic rings. The van der Waals surface area contributed by atoms with Crippen molar-refractivity contribution in [3.63, 3.8) is 0 Å². The first-order valence-electron chi connectivity index (χ1n) is 15.4. The Labute approximate surface area is 276 Å². The highest BCUT2D eigenvalue weighted by Crippen LogP contribution is 2.37. The zero-order valence-corrected chi connectivity index (χ0v) is 26.9. The van der Waals surface area contributed by atoms with Gasteiger partial charge >= 0.3 is 0 Å². The lowest BCUT2D eigenvalue weighted by Gasteiger charge is -2.40. The second kappa shape index (κ2) is 14.4. The van der Waals surface area contributed by atoms with Gasteiger partial charge in [0.2, 0.25) is 0 Å². The van der Waals surface area contributed by atoms with Crippen LogP contribution in [0.25, 0.3) is 0 Å². The van der Waals surface area contributed by atoms with Crippen molar-refractivity contribution >= 4 is 23.4 Å². The number of likely N-dealkylation sites (tertiary alicyclic amines) is 1. The average Bonchev–Trinajstić information content (AvgIpc) is 3.52. The largest absolute Gasteiger partial charge is 0.489 e. The van der Waals surface area contributed by atoms with E-state index >= 15 is 0 Å². The number of benzene rings is 3. The Morgan fingerprint density at radius 3 is 2.52 bits per heavy atom. The number of aliphatic hydroxyl groups is 3. The zero-order valence-electron chi connectivity index (χ0n) is 25.3.